The Kier molecular flexibility index (Phi) is 4.62. The van der Waals surface area contributed by atoms with Crippen LogP contribution in [-0.4, -0.2) is 17.6 Å². The van der Waals surface area contributed by atoms with Gasteiger partial charge in [0.25, 0.3) is 12.0 Å². The van der Waals surface area contributed by atoms with Gasteiger partial charge in [0.2, 0.25) is 0 Å². The summed E-state index contributed by atoms with van der Waals surface area (Å²) >= 11 is 5.47. The van der Waals surface area contributed by atoms with Crippen molar-refractivity contribution in [2.24, 2.45) is 0 Å². The summed E-state index contributed by atoms with van der Waals surface area (Å²) in [6, 6.07) is 1.11. The van der Waals surface area contributed by atoms with Gasteiger partial charge in [-0.3, -0.25) is 4.79 Å². The van der Waals surface area contributed by atoms with E-state index in [4.69, 9.17) is 11.6 Å². The number of nitrogens with one attached hydrogen (secondary N) is 1. The molecule has 0 aliphatic rings. The van der Waals surface area contributed by atoms with Crippen LogP contribution < -0.4 is 5.56 Å². The number of hydrogen-bond acceptors (Lipinski definition) is 3. The van der Waals surface area contributed by atoms with Crippen LogP contribution in [0.15, 0.2) is 10.9 Å². The van der Waals surface area contributed by atoms with Gasteiger partial charge in [-0.1, -0.05) is 0 Å². The predicted octanol–water partition coefficient (Wildman–Crippen LogP) is 2.23. The average molecular weight is 266 g/mol. The van der Waals surface area contributed by atoms with Crippen LogP contribution in [0, 0.1) is 0 Å². The number of ether oxygens (including phenoxy) is 1. The molecule has 0 radical (unpaired) electrons. The zero-order valence-corrected chi connectivity index (χ0v) is 9.68. The summed E-state index contributed by atoms with van der Waals surface area (Å²) in [5.41, 5.74) is -2.18. The predicted molar refractivity (Wildman–Crippen MR) is 57.5 cm³/mol. The number of H-pyrrole nitrogens is 1. The maximum atomic E-state index is 12.7. The summed E-state index contributed by atoms with van der Waals surface area (Å²) in [6.45, 7) is 1.57. The Hall–Kier alpha value is -1.43. The van der Waals surface area contributed by atoms with Crippen molar-refractivity contribution in [3.8, 4) is 0 Å². The molecule has 7 heteroatoms. The third kappa shape index (κ3) is 3.03. The fourth-order valence-electron chi connectivity index (χ4n) is 1.29. The van der Waals surface area contributed by atoms with E-state index in [0.29, 0.717) is 0 Å². The van der Waals surface area contributed by atoms with Gasteiger partial charge in [0, 0.05) is 5.69 Å². The molecule has 1 heterocycles. The van der Waals surface area contributed by atoms with E-state index in [1.54, 1.807) is 0 Å². The summed E-state index contributed by atoms with van der Waals surface area (Å²) < 4.78 is 29.9. The van der Waals surface area contributed by atoms with Crippen LogP contribution in [0.25, 0.3) is 0 Å². The van der Waals surface area contributed by atoms with Crippen LogP contribution in [0.4, 0.5) is 8.78 Å². The Bertz CT molecular complexity index is 473. The van der Waals surface area contributed by atoms with Crippen molar-refractivity contribution in [1.29, 1.82) is 0 Å². The summed E-state index contributed by atoms with van der Waals surface area (Å²) in [5.74, 6) is -1.05. The van der Waals surface area contributed by atoms with Gasteiger partial charge in [-0.25, -0.2) is 13.6 Å². The van der Waals surface area contributed by atoms with E-state index >= 15 is 0 Å². The number of aromatic amines is 1. The van der Waals surface area contributed by atoms with Gasteiger partial charge in [-0.15, -0.1) is 11.6 Å². The van der Waals surface area contributed by atoms with Gasteiger partial charge in [0.15, 0.2) is 0 Å². The smallest absolute Gasteiger partial charge is 0.338 e. The number of rotatable bonds is 4. The van der Waals surface area contributed by atoms with Gasteiger partial charge < -0.3 is 9.72 Å². The molecule has 94 valence electrons. The standard InChI is InChI=1S/C10H10ClF2NO3/c1-2-17-10(16)6-3-5(4-11)14-9(15)7(6)8(12)13/h3,8H,2,4H2,1H3,(H,14,15). The Balaban J connectivity index is 3.37. The zero-order chi connectivity index (χ0) is 13.0. The molecule has 0 fully saturated rings. The van der Waals surface area contributed by atoms with Gasteiger partial charge in [0.05, 0.1) is 23.6 Å². The van der Waals surface area contributed by atoms with Crippen LogP contribution in [0.3, 0.4) is 0 Å². The number of halogens is 3. The highest BCUT2D eigenvalue weighted by Crippen LogP contribution is 2.20. The normalized spacial score (nSPS) is 10.6. The molecule has 4 nitrogen and oxygen atoms in total. The number of hydrogen-bond donors (Lipinski definition) is 1. The Labute approximate surface area is 101 Å². The first-order valence-electron chi connectivity index (χ1n) is 4.78. The molecule has 0 atom stereocenters. The molecule has 1 aromatic rings. The van der Waals surface area contributed by atoms with E-state index in [2.05, 4.69) is 9.72 Å². The van der Waals surface area contributed by atoms with Crippen molar-refractivity contribution in [2.75, 3.05) is 6.61 Å². The van der Waals surface area contributed by atoms with E-state index < -0.39 is 29.1 Å². The number of esters is 1. The first-order chi connectivity index (χ1) is 8.01. The third-order valence-corrected chi connectivity index (χ3v) is 2.27. The maximum absolute atomic E-state index is 12.7. The summed E-state index contributed by atoms with van der Waals surface area (Å²) in [7, 11) is 0. The molecule has 0 saturated heterocycles. The molecule has 0 spiro atoms. The lowest BCUT2D eigenvalue weighted by Gasteiger charge is -2.08. The number of pyridine rings is 1. The molecule has 1 rings (SSSR count). The largest absolute Gasteiger partial charge is 0.462 e. The van der Waals surface area contributed by atoms with Crippen molar-refractivity contribution in [2.45, 2.75) is 19.2 Å². The number of alkyl halides is 3. The molecular formula is C10H10ClF2NO3. The van der Waals surface area contributed by atoms with Gasteiger partial charge in [0.1, 0.15) is 0 Å². The second kappa shape index (κ2) is 5.77. The van der Waals surface area contributed by atoms with Crippen molar-refractivity contribution in [3.63, 3.8) is 0 Å². The fourth-order valence-corrected chi connectivity index (χ4v) is 1.43. The molecule has 0 amide bonds. The highest BCUT2D eigenvalue weighted by Gasteiger charge is 2.23. The molecule has 1 N–H and O–H groups in total. The first kappa shape index (κ1) is 13.6. The van der Waals surface area contributed by atoms with Gasteiger partial charge in [-0.2, -0.15) is 0 Å². The second-order valence-electron chi connectivity index (χ2n) is 3.11. The van der Waals surface area contributed by atoms with E-state index in [1.165, 1.54) is 6.92 Å². The van der Waals surface area contributed by atoms with E-state index in [1.807, 2.05) is 0 Å². The van der Waals surface area contributed by atoms with Gasteiger partial charge in [-0.05, 0) is 13.0 Å². The molecular weight excluding hydrogens is 256 g/mol. The molecule has 0 aliphatic heterocycles. The molecule has 0 saturated carbocycles. The van der Waals surface area contributed by atoms with Crippen LogP contribution in [-0.2, 0) is 10.6 Å². The monoisotopic (exact) mass is 265 g/mol. The molecule has 17 heavy (non-hydrogen) atoms. The van der Waals surface area contributed by atoms with Gasteiger partial charge >= 0.3 is 5.97 Å². The van der Waals surface area contributed by atoms with Crippen molar-refractivity contribution < 1.29 is 18.3 Å². The molecule has 0 bridgehead atoms. The Morgan fingerprint density at radius 3 is 2.71 bits per heavy atom. The summed E-state index contributed by atoms with van der Waals surface area (Å²) in [5, 5.41) is 0. The van der Waals surface area contributed by atoms with E-state index in [9.17, 15) is 18.4 Å². The van der Waals surface area contributed by atoms with E-state index in [-0.39, 0.29) is 18.2 Å². The quantitative estimate of drug-likeness (QED) is 0.671. The Morgan fingerprint density at radius 2 is 2.24 bits per heavy atom. The molecule has 0 aliphatic carbocycles. The minimum Gasteiger partial charge on any atom is -0.462 e. The van der Waals surface area contributed by atoms with Crippen molar-refractivity contribution in [3.05, 3.63) is 33.2 Å². The Morgan fingerprint density at radius 1 is 1.59 bits per heavy atom. The summed E-state index contributed by atoms with van der Waals surface area (Å²) in [4.78, 5) is 25.0. The number of carbonyl (C=O) groups is 1. The molecule has 0 unspecified atom stereocenters. The lowest BCUT2D eigenvalue weighted by molar-refractivity contribution is 0.0514. The van der Waals surface area contributed by atoms with Crippen LogP contribution in [0.5, 0.6) is 0 Å². The van der Waals surface area contributed by atoms with Crippen LogP contribution >= 0.6 is 11.6 Å². The number of aromatic nitrogens is 1. The average Bonchev–Trinajstić information content (AvgIpc) is 2.27. The van der Waals surface area contributed by atoms with Crippen LogP contribution in [0.1, 0.15) is 35.0 Å². The highest BCUT2D eigenvalue weighted by molar-refractivity contribution is 6.16. The minimum atomic E-state index is -3.05. The topological polar surface area (TPSA) is 59.2 Å². The second-order valence-corrected chi connectivity index (χ2v) is 3.37. The number of carbonyl (C=O) groups excluding carboxylic acids is 1. The van der Waals surface area contributed by atoms with Crippen molar-refractivity contribution >= 4 is 17.6 Å². The van der Waals surface area contributed by atoms with Crippen molar-refractivity contribution in [1.82, 2.24) is 4.98 Å². The third-order valence-electron chi connectivity index (χ3n) is 1.98. The van der Waals surface area contributed by atoms with Crippen LogP contribution in [0.2, 0.25) is 0 Å². The summed E-state index contributed by atoms with van der Waals surface area (Å²) in [6.07, 6.45) is -3.05. The lowest BCUT2D eigenvalue weighted by Crippen LogP contribution is -2.21. The van der Waals surface area contributed by atoms with E-state index in [0.717, 1.165) is 6.07 Å². The first-order valence-corrected chi connectivity index (χ1v) is 5.32. The zero-order valence-electron chi connectivity index (χ0n) is 8.93. The minimum absolute atomic E-state index is 0.0323. The SMILES string of the molecule is CCOC(=O)c1cc(CCl)[nH]c(=O)c1C(F)F. The fraction of sp³-hybridized carbons (Fsp3) is 0.400. The lowest BCUT2D eigenvalue weighted by atomic mass is 10.1. The molecule has 1 aromatic heterocycles. The molecule has 0 aromatic carbocycles. The highest BCUT2D eigenvalue weighted by atomic mass is 35.5. The maximum Gasteiger partial charge on any atom is 0.338 e.